The molecule has 0 unspecified atom stereocenters. The Labute approximate surface area is 82.3 Å². The van der Waals surface area contributed by atoms with E-state index in [4.69, 9.17) is 34.8 Å². The van der Waals surface area contributed by atoms with Gasteiger partial charge < -0.3 is 0 Å². The molecule has 0 spiro atoms. The van der Waals surface area contributed by atoms with E-state index in [1.54, 1.807) is 0 Å². The van der Waals surface area contributed by atoms with Crippen LogP contribution in [0.25, 0.3) is 0 Å². The standard InChI is InChI=1S/C6H2Cl3F2N/c7-3-1-4(8)5(12-2-3)6(9,10)11/h1-2H. The smallest absolute Gasteiger partial charge is 0.250 e. The predicted molar refractivity (Wildman–Crippen MR) is 44.0 cm³/mol. The highest BCUT2D eigenvalue weighted by Crippen LogP contribution is 2.35. The largest absolute Gasteiger partial charge is 0.366 e. The summed E-state index contributed by atoms with van der Waals surface area (Å²) in [7, 11) is 0. The highest BCUT2D eigenvalue weighted by Gasteiger charge is 2.32. The molecule has 0 saturated heterocycles. The molecule has 0 N–H and O–H groups in total. The summed E-state index contributed by atoms with van der Waals surface area (Å²) in [5.41, 5.74) is -0.685. The van der Waals surface area contributed by atoms with Gasteiger partial charge in [-0.1, -0.05) is 23.2 Å². The van der Waals surface area contributed by atoms with Crippen molar-refractivity contribution >= 4 is 34.8 Å². The van der Waals surface area contributed by atoms with Gasteiger partial charge in [-0.3, -0.25) is 4.98 Å². The monoisotopic (exact) mass is 231 g/mol. The molecule has 66 valence electrons. The van der Waals surface area contributed by atoms with Gasteiger partial charge in [0.1, 0.15) is 5.69 Å². The molecule has 0 aliphatic carbocycles. The van der Waals surface area contributed by atoms with E-state index in [0.29, 0.717) is 0 Å². The van der Waals surface area contributed by atoms with Crippen LogP contribution in [0.3, 0.4) is 0 Å². The summed E-state index contributed by atoms with van der Waals surface area (Å²) in [5, 5.41) is -3.62. The lowest BCUT2D eigenvalue weighted by atomic mass is 10.3. The van der Waals surface area contributed by atoms with E-state index < -0.39 is 11.1 Å². The first-order valence-corrected chi connectivity index (χ1v) is 3.93. The van der Waals surface area contributed by atoms with Crippen LogP contribution >= 0.6 is 34.8 Å². The zero-order valence-electron chi connectivity index (χ0n) is 5.49. The molecule has 0 radical (unpaired) electrons. The van der Waals surface area contributed by atoms with Crippen molar-refractivity contribution in [2.24, 2.45) is 0 Å². The Morgan fingerprint density at radius 2 is 1.92 bits per heavy atom. The zero-order chi connectivity index (χ0) is 9.35. The normalized spacial score (nSPS) is 11.8. The molecule has 0 atom stereocenters. The summed E-state index contributed by atoms with van der Waals surface area (Å²) in [4.78, 5) is 3.30. The minimum absolute atomic E-state index is 0.185. The van der Waals surface area contributed by atoms with Crippen molar-refractivity contribution < 1.29 is 8.78 Å². The third-order valence-electron chi connectivity index (χ3n) is 1.08. The van der Waals surface area contributed by atoms with Crippen molar-refractivity contribution in [2.45, 2.75) is 5.38 Å². The minimum atomic E-state index is -3.55. The predicted octanol–water partition coefficient (Wildman–Crippen LogP) is 3.68. The van der Waals surface area contributed by atoms with Gasteiger partial charge in [-0.15, -0.1) is 0 Å². The molecule has 1 aromatic rings. The molecule has 12 heavy (non-hydrogen) atoms. The molecule has 1 rings (SSSR count). The van der Waals surface area contributed by atoms with Crippen molar-refractivity contribution in [1.82, 2.24) is 4.98 Å². The second kappa shape index (κ2) is 3.32. The fourth-order valence-electron chi connectivity index (χ4n) is 0.623. The second-order valence-electron chi connectivity index (χ2n) is 1.98. The van der Waals surface area contributed by atoms with E-state index in [1.807, 2.05) is 0 Å². The van der Waals surface area contributed by atoms with Gasteiger partial charge in [0.05, 0.1) is 10.0 Å². The molecule has 0 aromatic carbocycles. The summed E-state index contributed by atoms with van der Waals surface area (Å²) in [6, 6.07) is 1.15. The number of hydrogen-bond donors (Lipinski definition) is 0. The molecule has 0 aliphatic rings. The molecule has 0 aliphatic heterocycles. The Kier molecular flexibility index (Phi) is 2.76. The van der Waals surface area contributed by atoms with Crippen molar-refractivity contribution in [3.8, 4) is 0 Å². The van der Waals surface area contributed by atoms with Crippen LogP contribution in [0.15, 0.2) is 12.3 Å². The first-order valence-electron chi connectivity index (χ1n) is 2.79. The number of halogens is 5. The lowest BCUT2D eigenvalue weighted by molar-refractivity contribution is 0.0901. The molecule has 0 bridgehead atoms. The molecular weight excluding hydrogens is 230 g/mol. The van der Waals surface area contributed by atoms with Gasteiger partial charge in [0.25, 0.3) is 0 Å². The highest BCUT2D eigenvalue weighted by molar-refractivity contribution is 6.35. The SMILES string of the molecule is FC(F)(Cl)c1ncc(Cl)cc1Cl. The van der Waals surface area contributed by atoms with Crippen LogP contribution < -0.4 is 0 Å². The molecule has 0 saturated carbocycles. The van der Waals surface area contributed by atoms with Gasteiger partial charge in [0, 0.05) is 6.20 Å². The van der Waals surface area contributed by atoms with E-state index in [-0.39, 0.29) is 10.0 Å². The number of alkyl halides is 3. The quantitative estimate of drug-likeness (QED) is 0.673. The number of aromatic nitrogens is 1. The molecule has 0 amide bonds. The van der Waals surface area contributed by atoms with Crippen LogP contribution in [0.2, 0.25) is 10.0 Å². The average Bonchev–Trinajstić information content (AvgIpc) is 1.83. The molecule has 1 heterocycles. The Morgan fingerprint density at radius 1 is 1.33 bits per heavy atom. The molecular formula is C6H2Cl3F2N. The number of pyridine rings is 1. The Hall–Kier alpha value is -0.120. The fraction of sp³-hybridized carbons (Fsp3) is 0.167. The lowest BCUT2D eigenvalue weighted by Gasteiger charge is -2.08. The average molecular weight is 232 g/mol. The Balaban J connectivity index is 3.19. The molecule has 6 heteroatoms. The van der Waals surface area contributed by atoms with Crippen molar-refractivity contribution in [3.05, 3.63) is 28.0 Å². The van der Waals surface area contributed by atoms with Gasteiger partial charge in [-0.2, -0.15) is 8.78 Å². The molecule has 0 fully saturated rings. The summed E-state index contributed by atoms with van der Waals surface area (Å²) < 4.78 is 24.8. The van der Waals surface area contributed by atoms with Crippen LogP contribution in [0.1, 0.15) is 5.69 Å². The van der Waals surface area contributed by atoms with Gasteiger partial charge in [0.2, 0.25) is 0 Å². The van der Waals surface area contributed by atoms with Crippen LogP contribution in [-0.4, -0.2) is 4.98 Å². The maximum absolute atomic E-state index is 12.4. The third kappa shape index (κ3) is 2.19. The Morgan fingerprint density at radius 3 is 2.33 bits per heavy atom. The highest BCUT2D eigenvalue weighted by atomic mass is 35.5. The van der Waals surface area contributed by atoms with E-state index in [2.05, 4.69) is 4.98 Å². The number of hydrogen-bond acceptors (Lipinski definition) is 1. The van der Waals surface area contributed by atoms with Crippen molar-refractivity contribution in [1.29, 1.82) is 0 Å². The summed E-state index contributed by atoms with van der Waals surface area (Å²) in [5.74, 6) is 0. The number of nitrogens with zero attached hydrogens (tertiary/aromatic N) is 1. The van der Waals surface area contributed by atoms with Crippen molar-refractivity contribution in [2.75, 3.05) is 0 Å². The summed E-state index contributed by atoms with van der Waals surface area (Å²) >= 11 is 15.5. The second-order valence-corrected chi connectivity index (χ2v) is 3.30. The first kappa shape index (κ1) is 9.96. The van der Waals surface area contributed by atoms with Crippen LogP contribution in [0.4, 0.5) is 8.78 Å². The van der Waals surface area contributed by atoms with Crippen LogP contribution in [-0.2, 0) is 5.38 Å². The topological polar surface area (TPSA) is 12.9 Å². The lowest BCUT2D eigenvalue weighted by Crippen LogP contribution is -2.06. The van der Waals surface area contributed by atoms with E-state index >= 15 is 0 Å². The summed E-state index contributed by atoms with van der Waals surface area (Å²) in [6.45, 7) is 0. The fourth-order valence-corrected chi connectivity index (χ4v) is 1.32. The van der Waals surface area contributed by atoms with E-state index in [1.165, 1.54) is 0 Å². The van der Waals surface area contributed by atoms with Gasteiger partial charge in [0.15, 0.2) is 0 Å². The molecule has 1 nitrogen and oxygen atoms in total. The van der Waals surface area contributed by atoms with Gasteiger partial charge in [-0.05, 0) is 17.7 Å². The summed E-state index contributed by atoms with van der Waals surface area (Å²) in [6.07, 6.45) is 1.05. The maximum Gasteiger partial charge on any atom is 0.366 e. The van der Waals surface area contributed by atoms with Crippen LogP contribution in [0, 0.1) is 0 Å². The van der Waals surface area contributed by atoms with Gasteiger partial charge in [-0.25, -0.2) is 0 Å². The van der Waals surface area contributed by atoms with Crippen LogP contribution in [0.5, 0.6) is 0 Å². The van der Waals surface area contributed by atoms with E-state index in [0.717, 1.165) is 12.3 Å². The molecule has 1 aromatic heterocycles. The minimum Gasteiger partial charge on any atom is -0.250 e. The first-order chi connectivity index (χ1) is 5.41. The number of rotatable bonds is 1. The Bertz CT molecular complexity index is 297. The van der Waals surface area contributed by atoms with Gasteiger partial charge >= 0.3 is 5.38 Å². The third-order valence-corrected chi connectivity index (χ3v) is 1.75. The van der Waals surface area contributed by atoms with Crippen molar-refractivity contribution in [3.63, 3.8) is 0 Å². The maximum atomic E-state index is 12.4. The van der Waals surface area contributed by atoms with E-state index in [9.17, 15) is 8.78 Å². The zero-order valence-corrected chi connectivity index (χ0v) is 7.76.